The number of hydrogen-bond acceptors (Lipinski definition) is 6. The molecule has 2 N–H and O–H groups in total. The molecule has 0 aliphatic carbocycles. The van der Waals surface area contributed by atoms with E-state index in [-0.39, 0.29) is 5.69 Å². The number of aromatic nitrogens is 3. The Hall–Kier alpha value is -2.41. The van der Waals surface area contributed by atoms with Gasteiger partial charge in [-0.2, -0.15) is 4.98 Å². The van der Waals surface area contributed by atoms with Gasteiger partial charge in [0.1, 0.15) is 11.5 Å². The maximum absolute atomic E-state index is 13.3. The number of nitrogen functional groups attached to an aromatic ring is 1. The third-order valence-corrected chi connectivity index (χ3v) is 3.67. The Morgan fingerprint density at radius 1 is 1.24 bits per heavy atom. The van der Waals surface area contributed by atoms with Gasteiger partial charge >= 0.3 is 0 Å². The van der Waals surface area contributed by atoms with Crippen molar-refractivity contribution in [3.05, 3.63) is 54.3 Å². The Kier molecular flexibility index (Phi) is 3.83. The number of nitrogens with two attached hydrogens (primary N) is 1. The number of pyridine rings is 1. The van der Waals surface area contributed by atoms with Gasteiger partial charge in [0.15, 0.2) is 0 Å². The molecule has 2 aromatic heterocycles. The largest absolute Gasteiger partial charge is 0.396 e. The molecule has 0 aliphatic rings. The highest BCUT2D eigenvalue weighted by atomic mass is 32.2. The minimum atomic E-state index is -0.431. The van der Waals surface area contributed by atoms with Gasteiger partial charge in [-0.25, -0.2) is 4.39 Å². The van der Waals surface area contributed by atoms with Crippen molar-refractivity contribution < 1.29 is 8.91 Å². The minimum Gasteiger partial charge on any atom is -0.396 e. The zero-order chi connectivity index (χ0) is 14.7. The van der Waals surface area contributed by atoms with Crippen LogP contribution in [-0.2, 0) is 5.75 Å². The Balaban J connectivity index is 1.69. The zero-order valence-electron chi connectivity index (χ0n) is 10.9. The second kappa shape index (κ2) is 5.92. The first-order valence-electron chi connectivity index (χ1n) is 6.14. The summed E-state index contributed by atoms with van der Waals surface area (Å²) in [6.45, 7) is 0. The lowest BCUT2D eigenvalue weighted by atomic mass is 10.3. The van der Waals surface area contributed by atoms with Crippen LogP contribution >= 0.6 is 11.8 Å². The van der Waals surface area contributed by atoms with Crippen LogP contribution in [0.1, 0.15) is 5.89 Å². The molecule has 5 nitrogen and oxygen atoms in total. The van der Waals surface area contributed by atoms with Crippen LogP contribution < -0.4 is 5.73 Å². The van der Waals surface area contributed by atoms with Crippen molar-refractivity contribution in [1.29, 1.82) is 0 Å². The smallest absolute Gasteiger partial charge is 0.237 e. The molecule has 0 radical (unpaired) electrons. The molecular weight excluding hydrogens is 291 g/mol. The molecule has 0 unspecified atom stereocenters. The van der Waals surface area contributed by atoms with Gasteiger partial charge in [0.25, 0.3) is 0 Å². The Bertz CT molecular complexity index is 748. The normalized spacial score (nSPS) is 10.7. The first kappa shape index (κ1) is 13.6. The lowest BCUT2D eigenvalue weighted by molar-refractivity contribution is 0.391. The van der Waals surface area contributed by atoms with Crippen molar-refractivity contribution in [2.45, 2.75) is 10.6 Å². The fourth-order valence-electron chi connectivity index (χ4n) is 1.66. The van der Waals surface area contributed by atoms with Crippen LogP contribution in [0.3, 0.4) is 0 Å². The summed E-state index contributed by atoms with van der Waals surface area (Å²) in [5.74, 6) is 0.913. The Labute approximate surface area is 124 Å². The van der Waals surface area contributed by atoms with Crippen molar-refractivity contribution in [2.24, 2.45) is 0 Å². The summed E-state index contributed by atoms with van der Waals surface area (Å²) >= 11 is 1.39. The standard InChI is InChI=1S/C14H11FN4OS/c15-10-7-9(4-5-11(10)16)21-8-13-18-14(19-20-13)12-3-1-2-6-17-12/h1-7H,8,16H2. The van der Waals surface area contributed by atoms with Crippen LogP contribution in [0.15, 0.2) is 52.0 Å². The van der Waals surface area contributed by atoms with E-state index >= 15 is 0 Å². The molecule has 0 atom stereocenters. The Morgan fingerprint density at radius 3 is 2.90 bits per heavy atom. The summed E-state index contributed by atoms with van der Waals surface area (Å²) in [7, 11) is 0. The van der Waals surface area contributed by atoms with Crippen LogP contribution in [0.25, 0.3) is 11.5 Å². The van der Waals surface area contributed by atoms with E-state index in [0.717, 1.165) is 4.90 Å². The molecule has 0 spiro atoms. The molecule has 3 aromatic rings. The summed E-state index contributed by atoms with van der Waals surface area (Å²) in [5.41, 5.74) is 6.21. The van der Waals surface area contributed by atoms with Crippen LogP contribution in [0, 0.1) is 5.82 Å². The summed E-state index contributed by atoms with van der Waals surface area (Å²) in [4.78, 5) is 9.15. The number of anilines is 1. The van der Waals surface area contributed by atoms with E-state index < -0.39 is 5.82 Å². The predicted octanol–water partition coefficient (Wildman–Crippen LogP) is 3.15. The molecule has 0 saturated heterocycles. The van der Waals surface area contributed by atoms with E-state index in [9.17, 15) is 4.39 Å². The molecule has 0 amide bonds. The summed E-state index contributed by atoms with van der Waals surface area (Å²) in [5, 5.41) is 3.87. The van der Waals surface area contributed by atoms with Crippen molar-refractivity contribution in [3.63, 3.8) is 0 Å². The van der Waals surface area contributed by atoms with Gasteiger partial charge in [0, 0.05) is 11.1 Å². The maximum Gasteiger partial charge on any atom is 0.237 e. The summed E-state index contributed by atoms with van der Waals surface area (Å²) in [6.07, 6.45) is 1.66. The molecule has 0 saturated carbocycles. The number of benzene rings is 1. The van der Waals surface area contributed by atoms with E-state index in [4.69, 9.17) is 10.3 Å². The van der Waals surface area contributed by atoms with Gasteiger partial charge in [-0.1, -0.05) is 11.2 Å². The third-order valence-electron chi connectivity index (χ3n) is 2.70. The van der Waals surface area contributed by atoms with E-state index in [2.05, 4.69) is 15.1 Å². The molecule has 1 aromatic carbocycles. The topological polar surface area (TPSA) is 77.8 Å². The number of rotatable bonds is 4. The average molecular weight is 302 g/mol. The monoisotopic (exact) mass is 302 g/mol. The fourth-order valence-corrected chi connectivity index (χ4v) is 2.41. The molecule has 3 rings (SSSR count). The molecule has 21 heavy (non-hydrogen) atoms. The van der Waals surface area contributed by atoms with E-state index in [0.29, 0.717) is 23.2 Å². The van der Waals surface area contributed by atoms with Crippen LogP contribution in [0.4, 0.5) is 10.1 Å². The third kappa shape index (κ3) is 3.19. The molecule has 2 heterocycles. The van der Waals surface area contributed by atoms with E-state index in [1.54, 1.807) is 18.3 Å². The molecule has 0 aliphatic heterocycles. The average Bonchev–Trinajstić information content (AvgIpc) is 2.98. The number of thioether (sulfide) groups is 1. The highest BCUT2D eigenvalue weighted by molar-refractivity contribution is 7.98. The Morgan fingerprint density at radius 2 is 2.14 bits per heavy atom. The van der Waals surface area contributed by atoms with Gasteiger partial charge in [-0.3, -0.25) is 4.98 Å². The highest BCUT2D eigenvalue weighted by Crippen LogP contribution is 2.25. The van der Waals surface area contributed by atoms with Gasteiger partial charge in [-0.15, -0.1) is 11.8 Å². The molecule has 0 fully saturated rings. The van der Waals surface area contributed by atoms with Crippen LogP contribution in [0.5, 0.6) is 0 Å². The van der Waals surface area contributed by atoms with Crippen LogP contribution in [0.2, 0.25) is 0 Å². The van der Waals surface area contributed by atoms with Gasteiger partial charge in [0.05, 0.1) is 11.4 Å². The minimum absolute atomic E-state index is 0.134. The predicted molar refractivity (Wildman–Crippen MR) is 77.9 cm³/mol. The maximum atomic E-state index is 13.3. The van der Waals surface area contributed by atoms with E-state index in [1.807, 2.05) is 12.1 Å². The van der Waals surface area contributed by atoms with Gasteiger partial charge in [0.2, 0.25) is 11.7 Å². The fraction of sp³-hybridized carbons (Fsp3) is 0.0714. The van der Waals surface area contributed by atoms with Gasteiger partial charge < -0.3 is 10.3 Å². The second-order valence-corrected chi connectivity index (χ2v) is 5.25. The van der Waals surface area contributed by atoms with E-state index in [1.165, 1.54) is 23.9 Å². The summed E-state index contributed by atoms with van der Waals surface area (Å²) < 4.78 is 18.5. The first-order valence-corrected chi connectivity index (χ1v) is 7.13. The lowest BCUT2D eigenvalue weighted by Gasteiger charge is -2.00. The molecule has 0 bridgehead atoms. The van der Waals surface area contributed by atoms with Crippen molar-refractivity contribution >= 4 is 17.4 Å². The molecular formula is C14H11FN4OS. The number of hydrogen-bond donors (Lipinski definition) is 1. The molecule has 106 valence electrons. The lowest BCUT2D eigenvalue weighted by Crippen LogP contribution is -1.90. The first-order chi connectivity index (χ1) is 10.2. The highest BCUT2D eigenvalue weighted by Gasteiger charge is 2.10. The number of halogens is 1. The van der Waals surface area contributed by atoms with Crippen LogP contribution in [-0.4, -0.2) is 15.1 Å². The number of nitrogens with zero attached hydrogens (tertiary/aromatic N) is 3. The van der Waals surface area contributed by atoms with Gasteiger partial charge in [-0.05, 0) is 30.3 Å². The SMILES string of the molecule is Nc1ccc(SCc2nc(-c3ccccn3)no2)cc1F. The molecule has 7 heteroatoms. The second-order valence-electron chi connectivity index (χ2n) is 4.20. The zero-order valence-corrected chi connectivity index (χ0v) is 11.7. The van der Waals surface area contributed by atoms with Crippen molar-refractivity contribution in [1.82, 2.24) is 15.1 Å². The quantitative estimate of drug-likeness (QED) is 0.589. The van der Waals surface area contributed by atoms with Crippen molar-refractivity contribution in [3.8, 4) is 11.5 Å². The summed E-state index contributed by atoms with van der Waals surface area (Å²) in [6, 6.07) is 10.1. The van der Waals surface area contributed by atoms with Crippen molar-refractivity contribution in [2.75, 3.05) is 5.73 Å².